The zero-order valence-corrected chi connectivity index (χ0v) is 19.4. The van der Waals surface area contributed by atoms with Crippen LogP contribution in [0.4, 0.5) is 17.5 Å². The lowest BCUT2D eigenvalue weighted by Gasteiger charge is -2.25. The molecule has 8 nitrogen and oxygen atoms in total. The van der Waals surface area contributed by atoms with E-state index in [1.165, 1.54) is 5.56 Å². The van der Waals surface area contributed by atoms with Crippen LogP contribution >= 0.6 is 0 Å². The fourth-order valence-corrected chi connectivity index (χ4v) is 3.89. The molecule has 3 aromatic rings. The Morgan fingerprint density at radius 1 is 1.12 bits per heavy atom. The number of amides is 1. The smallest absolute Gasteiger partial charge is 0.238 e. The summed E-state index contributed by atoms with van der Waals surface area (Å²) in [5.41, 5.74) is 3.37. The molecule has 1 aromatic carbocycles. The Morgan fingerprint density at radius 3 is 2.53 bits per heavy atom. The summed E-state index contributed by atoms with van der Waals surface area (Å²) in [6.45, 7) is 9.50. The monoisotopic (exact) mass is 433 g/mol. The summed E-state index contributed by atoms with van der Waals surface area (Å²) in [6.07, 6.45) is 4.59. The fourth-order valence-electron chi connectivity index (χ4n) is 3.89. The lowest BCUT2D eigenvalue weighted by atomic mass is 9.88. The van der Waals surface area contributed by atoms with Crippen LogP contribution in [-0.4, -0.2) is 31.7 Å². The van der Waals surface area contributed by atoms with Gasteiger partial charge in [0.2, 0.25) is 11.9 Å². The molecule has 4 rings (SSSR count). The van der Waals surface area contributed by atoms with E-state index in [9.17, 15) is 4.79 Å². The second kappa shape index (κ2) is 8.70. The molecule has 3 heterocycles. The number of benzene rings is 1. The largest absolute Gasteiger partial charge is 0.324 e. The normalized spacial score (nSPS) is 15.7. The van der Waals surface area contributed by atoms with E-state index in [1.54, 1.807) is 10.9 Å². The van der Waals surface area contributed by atoms with Crippen molar-refractivity contribution in [3.63, 3.8) is 0 Å². The minimum Gasteiger partial charge on any atom is -0.324 e. The van der Waals surface area contributed by atoms with Crippen LogP contribution in [0.3, 0.4) is 0 Å². The van der Waals surface area contributed by atoms with Gasteiger partial charge in [0.05, 0.1) is 11.1 Å². The third-order valence-corrected chi connectivity index (χ3v) is 6.07. The summed E-state index contributed by atoms with van der Waals surface area (Å²) in [6, 6.07) is 10.3. The van der Waals surface area contributed by atoms with Gasteiger partial charge in [-0.15, -0.1) is 0 Å². The van der Waals surface area contributed by atoms with Gasteiger partial charge in [0.25, 0.3) is 0 Å². The number of nitrogens with zero attached hydrogens (tertiary/aromatic N) is 5. The number of nitrogens with one attached hydrogen (secondary N) is 2. The number of anilines is 3. The van der Waals surface area contributed by atoms with Crippen LogP contribution in [0.1, 0.15) is 50.9 Å². The number of hydrogen-bond donors (Lipinski definition) is 2. The molecule has 168 valence electrons. The molecule has 1 aliphatic rings. The summed E-state index contributed by atoms with van der Waals surface area (Å²) in [5, 5.41) is 11.0. The maximum atomic E-state index is 13.0. The molecule has 32 heavy (non-hydrogen) atoms. The number of aryl methyl sites for hydroxylation is 1. The van der Waals surface area contributed by atoms with Crippen molar-refractivity contribution in [2.75, 3.05) is 10.2 Å². The van der Waals surface area contributed by atoms with Crippen molar-refractivity contribution >= 4 is 23.4 Å². The standard InChI is InChI=1S/C24H31N7O/c1-6-16(2)31-21-20(24(3,4)22(31)32)15-26-23(28-21)27-18-9-7-17(8-10-18)13-25-14-19-11-12-30(5)29-19/h7-12,15-16,25H,6,13-14H2,1-5H3,(H,26,27,28)/t16-/m0/s1. The third kappa shape index (κ3) is 4.23. The van der Waals surface area contributed by atoms with Gasteiger partial charge in [-0.3, -0.25) is 14.4 Å². The Morgan fingerprint density at radius 2 is 1.88 bits per heavy atom. The first-order valence-corrected chi connectivity index (χ1v) is 11.1. The summed E-state index contributed by atoms with van der Waals surface area (Å²) in [7, 11) is 1.92. The lowest BCUT2D eigenvalue weighted by Crippen LogP contribution is -2.41. The van der Waals surface area contributed by atoms with Crippen molar-refractivity contribution in [2.45, 2.75) is 58.7 Å². The molecular weight excluding hydrogens is 402 g/mol. The molecule has 0 aliphatic carbocycles. The first-order valence-electron chi connectivity index (χ1n) is 11.1. The van der Waals surface area contributed by atoms with Crippen LogP contribution in [0.15, 0.2) is 42.7 Å². The maximum absolute atomic E-state index is 13.0. The van der Waals surface area contributed by atoms with Crippen molar-refractivity contribution in [3.05, 3.63) is 59.5 Å². The van der Waals surface area contributed by atoms with Gasteiger partial charge in [-0.1, -0.05) is 19.1 Å². The maximum Gasteiger partial charge on any atom is 0.238 e. The van der Waals surface area contributed by atoms with E-state index in [4.69, 9.17) is 4.98 Å². The molecule has 0 radical (unpaired) electrons. The van der Waals surface area contributed by atoms with Crippen LogP contribution in [0.2, 0.25) is 0 Å². The highest BCUT2D eigenvalue weighted by atomic mass is 16.2. The first kappa shape index (κ1) is 22.0. The van der Waals surface area contributed by atoms with Crippen LogP contribution in [-0.2, 0) is 30.3 Å². The Labute approximate surface area is 189 Å². The highest BCUT2D eigenvalue weighted by Gasteiger charge is 2.46. The molecule has 0 spiro atoms. The highest BCUT2D eigenvalue weighted by Crippen LogP contribution is 2.41. The number of carbonyl (C=O) groups excluding carboxylic acids is 1. The Bertz CT molecular complexity index is 1100. The molecule has 1 aliphatic heterocycles. The van der Waals surface area contributed by atoms with Gasteiger partial charge in [-0.2, -0.15) is 10.1 Å². The van der Waals surface area contributed by atoms with E-state index < -0.39 is 5.41 Å². The molecule has 0 bridgehead atoms. The molecular formula is C24H31N7O. The van der Waals surface area contributed by atoms with Gasteiger partial charge in [0.1, 0.15) is 5.82 Å². The molecule has 2 N–H and O–H groups in total. The van der Waals surface area contributed by atoms with Gasteiger partial charge in [-0.25, -0.2) is 4.98 Å². The van der Waals surface area contributed by atoms with E-state index in [1.807, 2.05) is 50.2 Å². The number of aromatic nitrogens is 4. The Kier molecular flexibility index (Phi) is 5.97. The molecule has 0 saturated heterocycles. The van der Waals surface area contributed by atoms with Gasteiger partial charge in [0.15, 0.2) is 0 Å². The fraction of sp³-hybridized carbons (Fsp3) is 0.417. The molecule has 1 atom stereocenters. The zero-order valence-electron chi connectivity index (χ0n) is 19.4. The number of rotatable bonds is 8. The SMILES string of the molecule is CC[C@H](C)N1C(=O)C(C)(C)c2cnc(Nc3ccc(CNCc4ccn(C)n4)cc3)nc21. The van der Waals surface area contributed by atoms with Crippen LogP contribution in [0.5, 0.6) is 0 Å². The molecule has 2 aromatic heterocycles. The lowest BCUT2D eigenvalue weighted by molar-refractivity contribution is -0.122. The number of fused-ring (bicyclic) bond motifs is 1. The summed E-state index contributed by atoms with van der Waals surface area (Å²) in [4.78, 5) is 24.0. The minimum absolute atomic E-state index is 0.0795. The average Bonchev–Trinajstić information content (AvgIpc) is 3.27. The summed E-state index contributed by atoms with van der Waals surface area (Å²) >= 11 is 0. The molecule has 0 unspecified atom stereocenters. The predicted molar refractivity (Wildman–Crippen MR) is 126 cm³/mol. The zero-order chi connectivity index (χ0) is 22.9. The quantitative estimate of drug-likeness (QED) is 0.564. The molecule has 1 amide bonds. The average molecular weight is 434 g/mol. The van der Waals surface area contributed by atoms with Crippen molar-refractivity contribution in [2.24, 2.45) is 7.05 Å². The van der Waals surface area contributed by atoms with Crippen LogP contribution in [0, 0.1) is 0 Å². The van der Waals surface area contributed by atoms with Crippen LogP contribution < -0.4 is 15.5 Å². The Hall–Kier alpha value is -3.26. The van der Waals surface area contributed by atoms with E-state index in [2.05, 4.69) is 46.7 Å². The summed E-state index contributed by atoms with van der Waals surface area (Å²) < 4.78 is 1.80. The van der Waals surface area contributed by atoms with Crippen molar-refractivity contribution in [1.82, 2.24) is 25.1 Å². The number of hydrogen-bond acceptors (Lipinski definition) is 6. The molecule has 8 heteroatoms. The third-order valence-electron chi connectivity index (χ3n) is 6.07. The molecule has 0 fully saturated rings. The van der Waals surface area contributed by atoms with Crippen molar-refractivity contribution in [3.8, 4) is 0 Å². The Balaban J connectivity index is 1.43. The second-order valence-electron chi connectivity index (χ2n) is 8.89. The van der Waals surface area contributed by atoms with E-state index >= 15 is 0 Å². The van der Waals surface area contributed by atoms with Gasteiger partial charge in [0, 0.05) is 49.8 Å². The van der Waals surface area contributed by atoms with Crippen molar-refractivity contribution < 1.29 is 4.79 Å². The van der Waals surface area contributed by atoms with Gasteiger partial charge in [-0.05, 0) is 51.0 Å². The van der Waals surface area contributed by atoms with E-state index in [-0.39, 0.29) is 11.9 Å². The highest BCUT2D eigenvalue weighted by molar-refractivity contribution is 6.07. The van der Waals surface area contributed by atoms with Crippen LogP contribution in [0.25, 0.3) is 0 Å². The summed E-state index contributed by atoms with van der Waals surface area (Å²) in [5.74, 6) is 1.28. The topological polar surface area (TPSA) is 88.0 Å². The predicted octanol–water partition coefficient (Wildman–Crippen LogP) is 3.67. The van der Waals surface area contributed by atoms with E-state index in [0.717, 1.165) is 36.5 Å². The van der Waals surface area contributed by atoms with Crippen molar-refractivity contribution in [1.29, 1.82) is 0 Å². The molecule has 0 saturated carbocycles. The van der Waals surface area contributed by atoms with Gasteiger partial charge >= 0.3 is 0 Å². The van der Waals surface area contributed by atoms with Gasteiger partial charge < -0.3 is 10.6 Å². The minimum atomic E-state index is -0.610. The van der Waals surface area contributed by atoms with E-state index in [0.29, 0.717) is 11.8 Å². The number of carbonyl (C=O) groups is 1. The second-order valence-corrected chi connectivity index (χ2v) is 8.89. The first-order chi connectivity index (χ1) is 15.3.